The second-order valence-corrected chi connectivity index (χ2v) is 5.33. The van der Waals surface area contributed by atoms with E-state index in [4.69, 9.17) is 14.6 Å². The minimum Gasteiger partial charge on any atom is -0.461 e. The molecule has 1 aromatic rings. The summed E-state index contributed by atoms with van der Waals surface area (Å²) in [7, 11) is 2.00. The molecule has 3 heteroatoms. The lowest BCUT2D eigenvalue weighted by atomic mass is 10.1. The molecule has 1 aliphatic carbocycles. The third-order valence-corrected chi connectivity index (χ3v) is 2.28. The van der Waals surface area contributed by atoms with Gasteiger partial charge in [-0.2, -0.15) is 0 Å². The first-order valence-corrected chi connectivity index (χ1v) is 7.50. The number of hydrogen-bond acceptors (Lipinski definition) is 3. The van der Waals surface area contributed by atoms with Crippen molar-refractivity contribution >= 4 is 5.57 Å². The fourth-order valence-corrected chi connectivity index (χ4v) is 1.54. The Morgan fingerprint density at radius 3 is 2.00 bits per heavy atom. The highest BCUT2D eigenvalue weighted by Crippen LogP contribution is 2.22. The predicted molar refractivity (Wildman–Crippen MR) is 95.7 cm³/mol. The molecule has 3 nitrogen and oxygen atoms in total. The first-order valence-electron chi connectivity index (χ1n) is 7.50. The monoisotopic (exact) mass is 308 g/mol. The van der Waals surface area contributed by atoms with E-state index in [1.54, 1.807) is 0 Å². The van der Waals surface area contributed by atoms with Crippen molar-refractivity contribution < 1.29 is 14.6 Å². The van der Waals surface area contributed by atoms with Crippen LogP contribution in [0.25, 0.3) is 5.57 Å². The molecule has 0 fully saturated rings. The summed E-state index contributed by atoms with van der Waals surface area (Å²) in [5, 5.41) is 14.0. The number of aliphatic hydroxyl groups excluding tert-OH is 2. The molecule has 126 valence electrons. The maximum Gasteiger partial charge on any atom is 0.134 e. The lowest BCUT2D eigenvalue weighted by Crippen LogP contribution is -1.76. The van der Waals surface area contributed by atoms with E-state index in [-0.39, 0.29) is 0 Å². The molecule has 2 N–H and O–H groups in total. The van der Waals surface area contributed by atoms with Gasteiger partial charge in [-0.1, -0.05) is 44.6 Å². The highest BCUT2D eigenvalue weighted by molar-refractivity contribution is 5.73. The summed E-state index contributed by atoms with van der Waals surface area (Å²) in [6.07, 6.45) is 9.64. The van der Waals surface area contributed by atoms with Crippen LogP contribution in [0.1, 0.15) is 45.6 Å². The molecule has 1 aliphatic rings. The Morgan fingerprint density at radius 2 is 1.55 bits per heavy atom. The molecule has 0 amide bonds. The average molecular weight is 308 g/mol. The lowest BCUT2D eigenvalue weighted by Gasteiger charge is -1.96. The van der Waals surface area contributed by atoms with Crippen LogP contribution in [0.3, 0.4) is 0 Å². The molecular weight excluding hydrogens is 276 g/mol. The van der Waals surface area contributed by atoms with E-state index in [2.05, 4.69) is 52.0 Å². The van der Waals surface area contributed by atoms with Crippen LogP contribution in [-0.4, -0.2) is 24.4 Å². The molecule has 0 saturated heterocycles. The molecule has 0 aromatic carbocycles. The number of rotatable bonds is 1. The van der Waals surface area contributed by atoms with E-state index >= 15 is 0 Å². The minimum atomic E-state index is 0.833. The molecular formula is C19H32O3. The smallest absolute Gasteiger partial charge is 0.134 e. The van der Waals surface area contributed by atoms with Gasteiger partial charge in [0.25, 0.3) is 0 Å². The Labute approximate surface area is 135 Å². The number of furan rings is 1. The van der Waals surface area contributed by atoms with Crippen LogP contribution in [0.2, 0.25) is 0 Å². The SMILES string of the molecule is CC(C)C.CC1=CCC=CC(c2ccc(C)o2)=C1.CO.CO. The Balaban J connectivity index is 0. The number of hydrogen-bond donors (Lipinski definition) is 2. The van der Waals surface area contributed by atoms with Crippen LogP contribution in [0.5, 0.6) is 0 Å². The van der Waals surface area contributed by atoms with E-state index < -0.39 is 0 Å². The number of aliphatic hydroxyl groups is 2. The van der Waals surface area contributed by atoms with Gasteiger partial charge in [0.05, 0.1) is 0 Å². The Bertz CT molecular complexity index is 460. The van der Waals surface area contributed by atoms with Gasteiger partial charge in [-0.3, -0.25) is 0 Å². The minimum absolute atomic E-state index is 0.833. The second-order valence-electron chi connectivity index (χ2n) is 5.33. The van der Waals surface area contributed by atoms with Gasteiger partial charge in [-0.05, 0) is 44.4 Å². The van der Waals surface area contributed by atoms with Gasteiger partial charge in [-0.25, -0.2) is 0 Å². The maximum absolute atomic E-state index is 7.00. The summed E-state index contributed by atoms with van der Waals surface area (Å²) in [5.41, 5.74) is 2.45. The molecule has 0 saturated carbocycles. The summed E-state index contributed by atoms with van der Waals surface area (Å²) >= 11 is 0. The third-order valence-electron chi connectivity index (χ3n) is 2.28. The van der Waals surface area contributed by atoms with E-state index in [9.17, 15) is 0 Å². The molecule has 0 atom stereocenters. The summed E-state index contributed by atoms with van der Waals surface area (Å²) in [4.78, 5) is 0. The molecule has 1 aromatic heterocycles. The zero-order valence-corrected chi connectivity index (χ0v) is 15.1. The Hall–Kier alpha value is -1.58. The topological polar surface area (TPSA) is 53.6 Å². The molecule has 0 radical (unpaired) electrons. The largest absolute Gasteiger partial charge is 0.461 e. The summed E-state index contributed by atoms with van der Waals surface area (Å²) < 4.78 is 5.58. The van der Waals surface area contributed by atoms with Crippen molar-refractivity contribution in [3.8, 4) is 0 Å². The average Bonchev–Trinajstić information content (AvgIpc) is 2.80. The summed E-state index contributed by atoms with van der Waals surface area (Å²) in [6.45, 7) is 10.6. The quantitative estimate of drug-likeness (QED) is 0.786. The molecule has 1 heterocycles. The fourth-order valence-electron chi connectivity index (χ4n) is 1.54. The van der Waals surface area contributed by atoms with Crippen molar-refractivity contribution in [3.05, 3.63) is 53.5 Å². The van der Waals surface area contributed by atoms with Crippen molar-refractivity contribution in [2.24, 2.45) is 5.92 Å². The van der Waals surface area contributed by atoms with Crippen LogP contribution in [0.15, 0.2) is 46.4 Å². The third kappa shape index (κ3) is 11.1. The first-order chi connectivity index (χ1) is 10.5. The van der Waals surface area contributed by atoms with Crippen LogP contribution < -0.4 is 0 Å². The van der Waals surface area contributed by atoms with Gasteiger partial charge >= 0.3 is 0 Å². The normalized spacial score (nSPS) is 12.5. The summed E-state index contributed by atoms with van der Waals surface area (Å²) in [6, 6.07) is 4.01. The molecule has 0 unspecified atom stereocenters. The molecule has 0 spiro atoms. The van der Waals surface area contributed by atoms with Crippen LogP contribution in [0, 0.1) is 12.8 Å². The van der Waals surface area contributed by atoms with Crippen molar-refractivity contribution in [2.75, 3.05) is 14.2 Å². The van der Waals surface area contributed by atoms with Gasteiger partial charge in [0, 0.05) is 19.8 Å². The van der Waals surface area contributed by atoms with E-state index in [0.717, 1.165) is 43.7 Å². The Kier molecular flexibility index (Phi) is 14.8. The van der Waals surface area contributed by atoms with Gasteiger partial charge in [0.15, 0.2) is 0 Å². The van der Waals surface area contributed by atoms with Crippen molar-refractivity contribution in [2.45, 2.75) is 41.0 Å². The van der Waals surface area contributed by atoms with Gasteiger partial charge < -0.3 is 14.6 Å². The van der Waals surface area contributed by atoms with Crippen molar-refractivity contribution in [1.82, 2.24) is 0 Å². The van der Waals surface area contributed by atoms with Crippen molar-refractivity contribution in [3.63, 3.8) is 0 Å². The molecule has 0 aliphatic heterocycles. The zero-order valence-electron chi connectivity index (χ0n) is 15.1. The molecule has 0 bridgehead atoms. The molecule has 2 rings (SSSR count). The lowest BCUT2D eigenvalue weighted by molar-refractivity contribution is 0.399. The van der Waals surface area contributed by atoms with E-state index in [0.29, 0.717) is 0 Å². The van der Waals surface area contributed by atoms with Crippen LogP contribution in [-0.2, 0) is 0 Å². The first kappa shape index (κ1) is 22.7. The van der Waals surface area contributed by atoms with Gasteiger partial charge in [0.2, 0.25) is 0 Å². The Morgan fingerprint density at radius 1 is 1.00 bits per heavy atom. The maximum atomic E-state index is 7.00. The predicted octanol–water partition coefficient (Wildman–Crippen LogP) is 4.76. The van der Waals surface area contributed by atoms with Crippen molar-refractivity contribution in [1.29, 1.82) is 0 Å². The zero-order chi connectivity index (χ0) is 17.5. The standard InChI is InChI=1S/C13H14O.C4H10.2CH4O/c1-10-5-3-4-6-12(9-10)13-8-7-11(2)14-13;1-4(2)3;2*1-2/h4-9H,3H2,1-2H3;4H,1-3H3;2*2H,1H3. The second kappa shape index (κ2) is 14.4. The molecule has 22 heavy (non-hydrogen) atoms. The van der Waals surface area contributed by atoms with E-state index in [1.807, 2.05) is 19.1 Å². The number of allylic oxidation sites excluding steroid dienone is 6. The highest BCUT2D eigenvalue weighted by atomic mass is 16.3. The fraction of sp³-hybridized carbons (Fsp3) is 0.474. The number of aryl methyl sites for hydroxylation is 1. The van der Waals surface area contributed by atoms with E-state index in [1.165, 1.54) is 5.57 Å². The van der Waals surface area contributed by atoms with Crippen LogP contribution in [0.4, 0.5) is 0 Å². The van der Waals surface area contributed by atoms with Gasteiger partial charge in [-0.15, -0.1) is 0 Å². The van der Waals surface area contributed by atoms with Gasteiger partial charge in [0.1, 0.15) is 11.5 Å². The summed E-state index contributed by atoms with van der Waals surface area (Å²) in [5.74, 6) is 2.74. The van der Waals surface area contributed by atoms with Crippen LogP contribution >= 0.6 is 0 Å². The highest BCUT2D eigenvalue weighted by Gasteiger charge is 2.04.